The van der Waals surface area contributed by atoms with E-state index >= 15 is 0 Å². The normalized spacial score (nSPS) is 2.40. The molecule has 0 fully saturated rings. The van der Waals surface area contributed by atoms with Gasteiger partial charge in [0.2, 0.25) is 0 Å². The van der Waals surface area contributed by atoms with Gasteiger partial charge < -0.3 is 11.0 Å². The first-order valence-electron chi connectivity index (χ1n) is 0.333. The molecule has 4 nitrogen and oxygen atoms in total. The van der Waals surface area contributed by atoms with Crippen LogP contribution < -0.4 is 0 Å². The molecule has 0 aromatic rings. The molecule has 0 atom stereocenters. The Balaban J connectivity index is -0.0000000200. The van der Waals surface area contributed by atoms with E-state index in [2.05, 4.69) is 0 Å². The van der Waals surface area contributed by atoms with Gasteiger partial charge >= 0.3 is 22.7 Å². The van der Waals surface area contributed by atoms with E-state index in [1.54, 1.807) is 0 Å². The van der Waals surface area contributed by atoms with Gasteiger partial charge in [-0.25, -0.2) is 0 Å². The molecule has 0 aliphatic carbocycles. The predicted molar refractivity (Wildman–Crippen MR) is 8.60 cm³/mol. The van der Waals surface area contributed by atoms with Crippen molar-refractivity contribution in [2.24, 2.45) is 0 Å². The fourth-order valence-electron chi connectivity index (χ4n) is 0. The fraction of sp³-hybridized carbons (Fsp3) is 0. The van der Waals surface area contributed by atoms with Crippen LogP contribution in [0.3, 0.4) is 0 Å². The number of rotatable bonds is 0. The van der Waals surface area contributed by atoms with Crippen LogP contribution in [-0.2, 0) is 22.7 Å². The van der Waals surface area contributed by atoms with Crippen molar-refractivity contribution in [2.75, 3.05) is 0 Å². The Hall–Kier alpha value is 0.0525. The third kappa shape index (κ3) is 6200. The van der Waals surface area contributed by atoms with Gasteiger partial charge in [-0.1, -0.05) is 0 Å². The Morgan fingerprint density at radius 1 is 1.00 bits per heavy atom. The van der Waals surface area contributed by atoms with Crippen LogP contribution in [0, 0.1) is 0 Å². The summed E-state index contributed by atoms with van der Waals surface area (Å²) < 4.78 is 16.9. The molecule has 5 heteroatoms. The molecule has 0 aromatic carbocycles. The van der Waals surface area contributed by atoms with Crippen molar-refractivity contribution in [2.45, 2.75) is 0 Å². The van der Waals surface area contributed by atoms with Crippen molar-refractivity contribution < 1.29 is 33.6 Å². The average molecular weight is 120 g/mol. The van der Waals surface area contributed by atoms with Gasteiger partial charge in [0.05, 0.1) is 0 Å². The van der Waals surface area contributed by atoms with Gasteiger partial charge in [0.15, 0.2) is 0 Å². The second kappa shape index (κ2) is 34.1. The van der Waals surface area contributed by atoms with Gasteiger partial charge in [-0.3, -0.25) is 0 Å². The molecule has 0 aliphatic rings. The van der Waals surface area contributed by atoms with Crippen LogP contribution in [0.5, 0.6) is 0 Å². The van der Waals surface area contributed by atoms with E-state index in [0.29, 0.717) is 0 Å². The maximum atomic E-state index is 8.44. The van der Waals surface area contributed by atoms with Gasteiger partial charge in [-0.15, -0.1) is 0 Å². The summed E-state index contributed by atoms with van der Waals surface area (Å²) in [6.07, 6.45) is 0. The summed E-state index contributed by atoms with van der Waals surface area (Å²) in [5.74, 6) is 0. The van der Waals surface area contributed by atoms with Crippen LogP contribution in [0.1, 0.15) is 0 Å². The molecule has 0 heterocycles. The molecule has 0 aliphatic heterocycles. The topological polar surface area (TPSA) is 97.1 Å². The molecule has 0 aromatic heterocycles. The van der Waals surface area contributed by atoms with Gasteiger partial charge in [-0.2, -0.15) is 0 Å². The van der Waals surface area contributed by atoms with Crippen molar-refractivity contribution in [3.8, 4) is 0 Å². The zero-order valence-corrected chi connectivity index (χ0v) is 3.50. The standard InChI is InChI=1S/Cr.2H2O.2O/h;2*1H2;;. The van der Waals surface area contributed by atoms with Crippen LogP contribution in [0.25, 0.3) is 0 Å². The summed E-state index contributed by atoms with van der Waals surface area (Å²) in [5.41, 5.74) is 0. The van der Waals surface area contributed by atoms with E-state index in [1.165, 1.54) is 0 Å². The third-order valence-electron chi connectivity index (χ3n) is 0. The molecule has 4 N–H and O–H groups in total. The van der Waals surface area contributed by atoms with Crippen LogP contribution in [0.2, 0.25) is 0 Å². The maximum absolute atomic E-state index is 8.44. The molecule has 0 unspecified atom stereocenters. The summed E-state index contributed by atoms with van der Waals surface area (Å²) in [6, 6.07) is 0. The second-order valence-electron chi connectivity index (χ2n) is 0.0680. The van der Waals surface area contributed by atoms with E-state index in [9.17, 15) is 0 Å². The Morgan fingerprint density at radius 3 is 1.00 bits per heavy atom. The Kier molecular flexibility index (Phi) is 134. The average Bonchev–Trinajstić information content (AvgIpc) is 0.918. The molecule has 34 valence electrons. The molecular weight excluding hydrogens is 116 g/mol. The van der Waals surface area contributed by atoms with Crippen LogP contribution in [0.4, 0.5) is 0 Å². The fourth-order valence-corrected chi connectivity index (χ4v) is 0. The minimum absolute atomic E-state index is 0. The van der Waals surface area contributed by atoms with Crippen molar-refractivity contribution >= 4 is 0 Å². The molecule has 0 bridgehead atoms. The minimum atomic E-state index is -1.62. The molecule has 0 spiro atoms. The molecule has 0 amide bonds. The van der Waals surface area contributed by atoms with E-state index in [1.807, 2.05) is 0 Å². The number of hydrogen-bond donors (Lipinski definition) is 0. The summed E-state index contributed by atoms with van der Waals surface area (Å²) in [5, 5.41) is 0. The molecule has 0 saturated heterocycles. The van der Waals surface area contributed by atoms with E-state index in [0.717, 1.165) is 0 Å². The molecule has 5 heavy (non-hydrogen) atoms. The van der Waals surface area contributed by atoms with E-state index < -0.39 is 15.1 Å². The first-order chi connectivity index (χ1) is 1.41. The van der Waals surface area contributed by atoms with Crippen LogP contribution in [0.15, 0.2) is 0 Å². The van der Waals surface area contributed by atoms with Crippen molar-refractivity contribution in [3.63, 3.8) is 0 Å². The summed E-state index contributed by atoms with van der Waals surface area (Å²) >= 11 is -1.62. The molecule has 0 saturated carbocycles. The summed E-state index contributed by atoms with van der Waals surface area (Å²) in [4.78, 5) is 0. The molecule has 0 rings (SSSR count). The first kappa shape index (κ1) is 19.7. The quantitative estimate of drug-likeness (QED) is 0.373. The SMILES string of the molecule is O.O.[O]=[Cr]=[O]. The van der Waals surface area contributed by atoms with Gasteiger partial charge in [0, 0.05) is 0 Å². The Labute approximate surface area is 34.5 Å². The first-order valence-corrected chi connectivity index (χ1v) is 1.37. The van der Waals surface area contributed by atoms with Gasteiger partial charge in [0.25, 0.3) is 0 Å². The summed E-state index contributed by atoms with van der Waals surface area (Å²) in [7, 11) is 0. The van der Waals surface area contributed by atoms with Crippen LogP contribution in [-0.4, -0.2) is 11.0 Å². The van der Waals surface area contributed by atoms with Gasteiger partial charge in [-0.05, 0) is 0 Å². The van der Waals surface area contributed by atoms with Gasteiger partial charge in [0.1, 0.15) is 0 Å². The molecular formula is H4CrO4. The van der Waals surface area contributed by atoms with Crippen molar-refractivity contribution in [1.82, 2.24) is 0 Å². The number of hydrogen-bond acceptors (Lipinski definition) is 2. The Morgan fingerprint density at radius 2 is 1.00 bits per heavy atom. The van der Waals surface area contributed by atoms with E-state index in [-0.39, 0.29) is 11.0 Å². The third-order valence-corrected chi connectivity index (χ3v) is 0. The van der Waals surface area contributed by atoms with E-state index in [4.69, 9.17) is 7.61 Å². The summed E-state index contributed by atoms with van der Waals surface area (Å²) in [6.45, 7) is 0. The Bertz CT molecular complexity index is 24.6. The zero-order valence-electron chi connectivity index (χ0n) is 2.22. The monoisotopic (exact) mass is 120 g/mol. The van der Waals surface area contributed by atoms with Crippen LogP contribution >= 0.6 is 0 Å². The van der Waals surface area contributed by atoms with Crippen molar-refractivity contribution in [3.05, 3.63) is 0 Å². The zero-order chi connectivity index (χ0) is 2.71. The van der Waals surface area contributed by atoms with Crippen molar-refractivity contribution in [1.29, 1.82) is 0 Å². The molecule has 0 radical (unpaired) electrons. The predicted octanol–water partition coefficient (Wildman–Crippen LogP) is -1.89. The second-order valence-corrected chi connectivity index (χ2v) is 0.281.